The van der Waals surface area contributed by atoms with Crippen LogP contribution in [0.1, 0.15) is 49.7 Å². The van der Waals surface area contributed by atoms with E-state index in [2.05, 4.69) is 38.3 Å². The fourth-order valence-corrected chi connectivity index (χ4v) is 4.71. The largest absolute Gasteiger partial charge is 0.324 e. The molecule has 2 aliphatic rings. The van der Waals surface area contributed by atoms with E-state index in [1.54, 1.807) is 0 Å². The van der Waals surface area contributed by atoms with Gasteiger partial charge in [-0.1, -0.05) is 42.8 Å². The van der Waals surface area contributed by atoms with Crippen molar-refractivity contribution in [2.75, 3.05) is 18.4 Å². The number of rotatable bonds is 2. The molecule has 1 saturated heterocycles. The van der Waals surface area contributed by atoms with Crippen LogP contribution in [0.3, 0.4) is 0 Å². The maximum Gasteiger partial charge on any atom is 0.321 e. The number of aryl methyl sites for hydroxylation is 1. The molecule has 0 aliphatic carbocycles. The van der Waals surface area contributed by atoms with Crippen LogP contribution in [0, 0.1) is 0 Å². The Kier molecular flexibility index (Phi) is 4.92. The Morgan fingerprint density at radius 1 is 0.966 bits per heavy atom. The lowest BCUT2D eigenvalue weighted by atomic mass is 9.97. The van der Waals surface area contributed by atoms with E-state index >= 15 is 0 Å². The number of benzene rings is 2. The quantitative estimate of drug-likeness (QED) is 0.698. The van der Waals surface area contributed by atoms with Crippen molar-refractivity contribution < 1.29 is 4.79 Å². The van der Waals surface area contributed by atoms with Crippen LogP contribution < -0.4 is 5.32 Å². The molecule has 6 heteroatoms. The number of carbonyl (C=O) groups is 1. The minimum absolute atomic E-state index is 0.0262. The summed E-state index contributed by atoms with van der Waals surface area (Å²) in [5.41, 5.74) is 0.867. The van der Waals surface area contributed by atoms with Crippen molar-refractivity contribution >= 4 is 22.5 Å². The number of piperidine rings is 1. The van der Waals surface area contributed by atoms with Crippen LogP contribution in [0.25, 0.3) is 10.8 Å². The van der Waals surface area contributed by atoms with E-state index < -0.39 is 0 Å². The van der Waals surface area contributed by atoms with Gasteiger partial charge in [-0.05, 0) is 37.1 Å². The molecule has 1 atom stereocenters. The maximum atomic E-state index is 13.0. The van der Waals surface area contributed by atoms with Gasteiger partial charge in [-0.15, -0.1) is 10.2 Å². The average molecular weight is 390 g/mol. The zero-order valence-electron chi connectivity index (χ0n) is 16.7. The monoisotopic (exact) mass is 389 g/mol. The second-order valence-electron chi connectivity index (χ2n) is 8.18. The highest BCUT2D eigenvalue weighted by molar-refractivity contribution is 6.01. The van der Waals surface area contributed by atoms with Gasteiger partial charge in [-0.3, -0.25) is 0 Å². The minimum atomic E-state index is -0.0262. The summed E-state index contributed by atoms with van der Waals surface area (Å²) in [6.45, 7) is 2.50. The second kappa shape index (κ2) is 7.85. The van der Waals surface area contributed by atoms with Crippen molar-refractivity contribution in [3.05, 3.63) is 54.1 Å². The predicted octanol–water partition coefficient (Wildman–Crippen LogP) is 4.57. The molecule has 29 heavy (non-hydrogen) atoms. The summed E-state index contributed by atoms with van der Waals surface area (Å²) in [6.07, 6.45) is 6.72. The lowest BCUT2D eigenvalue weighted by Gasteiger charge is -2.32. The number of nitrogens with zero attached hydrogens (tertiary/aromatic N) is 4. The maximum absolute atomic E-state index is 13.0. The number of carbonyl (C=O) groups excluding carboxylic acids is 1. The number of nitrogens with one attached hydrogen (secondary N) is 1. The smallest absolute Gasteiger partial charge is 0.321 e. The topological polar surface area (TPSA) is 63.1 Å². The van der Waals surface area contributed by atoms with Gasteiger partial charge in [-0.25, -0.2) is 4.79 Å². The minimum Gasteiger partial charge on any atom is -0.324 e. The number of fused-ring (bicyclic) bond motifs is 2. The van der Waals surface area contributed by atoms with E-state index in [4.69, 9.17) is 0 Å². The number of hydrogen-bond donors (Lipinski definition) is 1. The Bertz CT molecular complexity index is 1020. The van der Waals surface area contributed by atoms with Crippen molar-refractivity contribution in [1.29, 1.82) is 0 Å². The van der Waals surface area contributed by atoms with E-state index in [0.29, 0.717) is 6.54 Å². The molecule has 1 aromatic heterocycles. The number of urea groups is 1. The molecule has 0 spiro atoms. The molecule has 5 rings (SSSR count). The normalized spacial score (nSPS) is 19.6. The van der Waals surface area contributed by atoms with Crippen LogP contribution in [0.15, 0.2) is 42.5 Å². The van der Waals surface area contributed by atoms with Gasteiger partial charge in [0.1, 0.15) is 11.6 Å². The molecule has 2 aliphatic heterocycles. The van der Waals surface area contributed by atoms with E-state index in [1.807, 2.05) is 29.2 Å². The molecule has 3 heterocycles. The molecule has 1 fully saturated rings. The lowest BCUT2D eigenvalue weighted by Crippen LogP contribution is -2.42. The SMILES string of the molecule is O=C(Nc1cccc2ccccc12)N1CCCC(c2nnc3n2CCCCC3)C1. The van der Waals surface area contributed by atoms with E-state index in [0.717, 1.165) is 60.5 Å². The first-order valence-electron chi connectivity index (χ1n) is 10.8. The zero-order chi connectivity index (χ0) is 19.6. The van der Waals surface area contributed by atoms with Crippen molar-refractivity contribution in [3.8, 4) is 0 Å². The zero-order valence-corrected chi connectivity index (χ0v) is 16.7. The molecule has 2 amide bonds. The molecular formula is C23H27N5O. The fraction of sp³-hybridized carbons (Fsp3) is 0.435. The average Bonchev–Trinajstić information content (AvgIpc) is 3.02. The van der Waals surface area contributed by atoms with Gasteiger partial charge in [0.05, 0.1) is 5.69 Å². The van der Waals surface area contributed by atoms with Gasteiger partial charge < -0.3 is 14.8 Å². The Morgan fingerprint density at radius 3 is 2.83 bits per heavy atom. The molecule has 6 nitrogen and oxygen atoms in total. The molecule has 1 unspecified atom stereocenters. The number of hydrogen-bond acceptors (Lipinski definition) is 3. The van der Waals surface area contributed by atoms with Crippen LogP contribution in [-0.2, 0) is 13.0 Å². The first-order valence-corrected chi connectivity index (χ1v) is 10.8. The third-order valence-corrected chi connectivity index (χ3v) is 6.24. The predicted molar refractivity (Wildman–Crippen MR) is 114 cm³/mol. The van der Waals surface area contributed by atoms with Gasteiger partial charge in [0.2, 0.25) is 0 Å². The van der Waals surface area contributed by atoms with Crippen LogP contribution in [0.4, 0.5) is 10.5 Å². The summed E-state index contributed by atoms with van der Waals surface area (Å²) in [5, 5.41) is 14.3. The summed E-state index contributed by atoms with van der Waals surface area (Å²) >= 11 is 0. The van der Waals surface area contributed by atoms with Gasteiger partial charge in [0, 0.05) is 37.4 Å². The molecule has 3 aromatic rings. The lowest BCUT2D eigenvalue weighted by molar-refractivity contribution is 0.190. The van der Waals surface area contributed by atoms with Crippen molar-refractivity contribution in [2.45, 2.75) is 51.0 Å². The van der Waals surface area contributed by atoms with Crippen LogP contribution >= 0.6 is 0 Å². The summed E-state index contributed by atoms with van der Waals surface area (Å²) in [4.78, 5) is 15.0. The Balaban J connectivity index is 1.33. The summed E-state index contributed by atoms with van der Waals surface area (Å²) in [5.74, 6) is 2.46. The Hall–Kier alpha value is -2.89. The van der Waals surface area contributed by atoms with E-state index in [-0.39, 0.29) is 11.9 Å². The highest BCUT2D eigenvalue weighted by Crippen LogP contribution is 2.29. The van der Waals surface area contributed by atoms with E-state index in [1.165, 1.54) is 19.3 Å². The Labute approximate surface area is 170 Å². The third-order valence-electron chi connectivity index (χ3n) is 6.24. The third kappa shape index (κ3) is 3.59. The van der Waals surface area contributed by atoms with Crippen molar-refractivity contribution in [2.24, 2.45) is 0 Å². The first-order chi connectivity index (χ1) is 14.3. The number of amides is 2. The molecular weight excluding hydrogens is 362 g/mol. The van der Waals surface area contributed by atoms with Crippen LogP contribution in [0.2, 0.25) is 0 Å². The molecule has 0 bridgehead atoms. The van der Waals surface area contributed by atoms with Crippen molar-refractivity contribution in [1.82, 2.24) is 19.7 Å². The van der Waals surface area contributed by atoms with Gasteiger partial charge in [-0.2, -0.15) is 0 Å². The fourth-order valence-electron chi connectivity index (χ4n) is 4.71. The highest BCUT2D eigenvalue weighted by Gasteiger charge is 2.29. The molecule has 0 radical (unpaired) electrons. The van der Waals surface area contributed by atoms with Crippen LogP contribution in [0.5, 0.6) is 0 Å². The molecule has 2 aromatic carbocycles. The Morgan fingerprint density at radius 2 is 1.86 bits per heavy atom. The molecule has 1 N–H and O–H groups in total. The summed E-state index contributed by atoms with van der Waals surface area (Å²) in [7, 11) is 0. The number of anilines is 1. The van der Waals surface area contributed by atoms with Crippen LogP contribution in [-0.4, -0.2) is 38.8 Å². The summed E-state index contributed by atoms with van der Waals surface area (Å²) < 4.78 is 2.32. The van der Waals surface area contributed by atoms with E-state index in [9.17, 15) is 4.79 Å². The second-order valence-corrected chi connectivity index (χ2v) is 8.18. The molecule has 0 saturated carbocycles. The van der Waals surface area contributed by atoms with Gasteiger partial charge in [0.25, 0.3) is 0 Å². The molecule has 150 valence electrons. The summed E-state index contributed by atoms with van der Waals surface area (Å²) in [6, 6.07) is 14.1. The number of aromatic nitrogens is 3. The van der Waals surface area contributed by atoms with Gasteiger partial charge in [0.15, 0.2) is 0 Å². The first kappa shape index (κ1) is 18.2. The van der Waals surface area contributed by atoms with Crippen molar-refractivity contribution in [3.63, 3.8) is 0 Å². The number of likely N-dealkylation sites (tertiary alicyclic amines) is 1. The van der Waals surface area contributed by atoms with Gasteiger partial charge >= 0.3 is 6.03 Å². The standard InChI is InChI=1S/C23H27N5O/c29-23(24-20-12-6-9-17-8-3-4-11-19(17)20)27-14-7-10-18(16-27)22-26-25-21-13-2-1-5-15-28(21)22/h3-4,6,8-9,11-12,18H,1-2,5,7,10,13-16H2,(H,24,29). The highest BCUT2D eigenvalue weighted by atomic mass is 16.2.